The number of hydrogen-bond acceptors (Lipinski definition) is 3. The molecule has 0 saturated carbocycles. The fraction of sp³-hybridized carbons (Fsp3) is 0.889. The van der Waals surface area contributed by atoms with E-state index in [1.54, 1.807) is 6.92 Å². The molecule has 1 rings (SSSR count). The van der Waals surface area contributed by atoms with E-state index in [9.17, 15) is 9.90 Å². The number of aliphatic hydroxyl groups is 1. The predicted octanol–water partition coefficient (Wildman–Crippen LogP) is -0.0596. The van der Waals surface area contributed by atoms with Crippen LogP contribution >= 0.6 is 0 Å². The minimum atomic E-state index is -0.935. The normalized spacial score (nSPS) is 38.4. The van der Waals surface area contributed by atoms with Gasteiger partial charge in [0.25, 0.3) is 0 Å². The summed E-state index contributed by atoms with van der Waals surface area (Å²) in [6.45, 7) is 4.33. The van der Waals surface area contributed by atoms with E-state index >= 15 is 0 Å². The third kappa shape index (κ3) is 1.83. The van der Waals surface area contributed by atoms with Crippen molar-refractivity contribution in [2.45, 2.75) is 26.0 Å². The Hall–Kier alpha value is -0.810. The molecular weight excluding hydrogens is 184 g/mol. The van der Waals surface area contributed by atoms with Gasteiger partial charge in [-0.2, -0.15) is 0 Å². The molecule has 4 atom stereocenters. The predicted molar refractivity (Wildman–Crippen MR) is 51.9 cm³/mol. The van der Waals surface area contributed by atoms with Crippen molar-refractivity contribution in [1.29, 1.82) is 0 Å². The first-order valence-corrected chi connectivity index (χ1v) is 4.86. The van der Waals surface area contributed by atoms with Gasteiger partial charge in [0.2, 0.25) is 0 Å². The number of aliphatic hydroxyl groups excluding tert-OH is 1. The number of nitrogens with zero attached hydrogens (tertiary/aromatic N) is 1. The molecular formula is C9H18N2O3. The molecule has 0 aromatic rings. The molecule has 5 nitrogen and oxygen atoms in total. The Bertz CT molecular complexity index is 222. The molecule has 0 radical (unpaired) electrons. The molecule has 0 spiro atoms. The van der Waals surface area contributed by atoms with E-state index in [0.29, 0.717) is 13.1 Å². The summed E-state index contributed by atoms with van der Waals surface area (Å²) < 4.78 is 0. The summed E-state index contributed by atoms with van der Waals surface area (Å²) >= 11 is 0. The Kier molecular flexibility index (Phi) is 3.34. The van der Waals surface area contributed by atoms with E-state index in [1.165, 1.54) is 4.90 Å². The van der Waals surface area contributed by atoms with Crippen LogP contribution in [0.4, 0.5) is 4.79 Å². The van der Waals surface area contributed by atoms with Crippen molar-refractivity contribution in [3.05, 3.63) is 0 Å². The number of likely N-dealkylation sites (tertiary alicyclic amines) is 1. The largest absolute Gasteiger partial charge is 0.465 e. The maximum Gasteiger partial charge on any atom is 0.407 e. The highest BCUT2D eigenvalue weighted by atomic mass is 16.4. The van der Waals surface area contributed by atoms with Crippen molar-refractivity contribution in [2.24, 2.45) is 17.6 Å². The van der Waals surface area contributed by atoms with Crippen molar-refractivity contribution in [2.75, 3.05) is 13.1 Å². The smallest absolute Gasteiger partial charge is 0.407 e. The van der Waals surface area contributed by atoms with Gasteiger partial charge >= 0.3 is 6.09 Å². The zero-order chi connectivity index (χ0) is 10.9. The molecule has 14 heavy (non-hydrogen) atoms. The number of hydrogen-bond donors (Lipinski definition) is 3. The van der Waals surface area contributed by atoms with Gasteiger partial charge in [-0.1, -0.05) is 6.92 Å². The van der Waals surface area contributed by atoms with E-state index in [4.69, 9.17) is 10.8 Å². The Balaban J connectivity index is 2.80. The van der Waals surface area contributed by atoms with E-state index < -0.39 is 12.2 Å². The van der Waals surface area contributed by atoms with Gasteiger partial charge in [-0.15, -0.1) is 0 Å². The molecule has 1 aliphatic heterocycles. The maximum atomic E-state index is 10.9. The molecule has 1 heterocycles. The van der Waals surface area contributed by atoms with Crippen molar-refractivity contribution in [1.82, 2.24) is 4.90 Å². The van der Waals surface area contributed by atoms with Crippen LogP contribution in [0.15, 0.2) is 0 Å². The first kappa shape index (κ1) is 11.3. The van der Waals surface area contributed by atoms with Gasteiger partial charge in [0.05, 0.1) is 6.10 Å². The molecule has 0 bridgehead atoms. The van der Waals surface area contributed by atoms with Crippen molar-refractivity contribution < 1.29 is 15.0 Å². The SMILES string of the molecule is CC1CN(C(=O)O)C(C)C(CN)C1O. The third-order valence-corrected chi connectivity index (χ3v) is 3.14. The van der Waals surface area contributed by atoms with Crippen molar-refractivity contribution >= 4 is 6.09 Å². The van der Waals surface area contributed by atoms with E-state index in [2.05, 4.69) is 0 Å². The summed E-state index contributed by atoms with van der Waals surface area (Å²) in [5.41, 5.74) is 5.53. The summed E-state index contributed by atoms with van der Waals surface area (Å²) in [5.74, 6) is -0.203. The third-order valence-electron chi connectivity index (χ3n) is 3.14. The minimum absolute atomic E-state index is 0.0455. The number of amides is 1. The van der Waals surface area contributed by atoms with Crippen LogP contribution in [0.2, 0.25) is 0 Å². The van der Waals surface area contributed by atoms with E-state index in [-0.39, 0.29) is 17.9 Å². The molecule has 82 valence electrons. The number of carbonyl (C=O) groups is 1. The van der Waals surface area contributed by atoms with Crippen LogP contribution in [0, 0.1) is 11.8 Å². The molecule has 0 aliphatic carbocycles. The van der Waals surface area contributed by atoms with Crippen LogP contribution in [0.5, 0.6) is 0 Å². The molecule has 4 N–H and O–H groups in total. The second-order valence-corrected chi connectivity index (χ2v) is 4.04. The fourth-order valence-corrected chi connectivity index (χ4v) is 2.11. The maximum absolute atomic E-state index is 10.9. The lowest BCUT2D eigenvalue weighted by molar-refractivity contribution is -0.0346. The first-order chi connectivity index (χ1) is 6.49. The monoisotopic (exact) mass is 202 g/mol. The van der Waals surface area contributed by atoms with Gasteiger partial charge < -0.3 is 20.8 Å². The highest BCUT2D eigenvalue weighted by Gasteiger charge is 2.39. The molecule has 0 aromatic carbocycles. The topological polar surface area (TPSA) is 86.8 Å². The van der Waals surface area contributed by atoms with Gasteiger partial charge in [0.15, 0.2) is 0 Å². The van der Waals surface area contributed by atoms with Gasteiger partial charge in [0.1, 0.15) is 0 Å². The van der Waals surface area contributed by atoms with E-state index in [1.807, 2.05) is 6.92 Å². The molecule has 5 heteroatoms. The van der Waals surface area contributed by atoms with Crippen LogP contribution < -0.4 is 5.73 Å². The van der Waals surface area contributed by atoms with Crippen LogP contribution in [-0.2, 0) is 0 Å². The van der Waals surface area contributed by atoms with Gasteiger partial charge in [0, 0.05) is 24.4 Å². The summed E-state index contributed by atoms with van der Waals surface area (Å²) in [5, 5.41) is 18.7. The highest BCUT2D eigenvalue weighted by molar-refractivity contribution is 5.65. The highest BCUT2D eigenvalue weighted by Crippen LogP contribution is 2.27. The minimum Gasteiger partial charge on any atom is -0.465 e. The van der Waals surface area contributed by atoms with Crippen LogP contribution in [0.3, 0.4) is 0 Å². The van der Waals surface area contributed by atoms with Crippen LogP contribution in [-0.4, -0.2) is 46.4 Å². The molecule has 1 fully saturated rings. The average molecular weight is 202 g/mol. The lowest BCUT2D eigenvalue weighted by atomic mass is 9.82. The number of rotatable bonds is 1. The molecule has 1 amide bonds. The standard InChI is InChI=1S/C9H18N2O3/c1-5-4-11(9(13)14)6(2)7(3-10)8(5)12/h5-8,12H,3-4,10H2,1-2H3,(H,13,14). The van der Waals surface area contributed by atoms with Crippen LogP contribution in [0.25, 0.3) is 0 Å². The van der Waals surface area contributed by atoms with E-state index in [0.717, 1.165) is 0 Å². The Morgan fingerprint density at radius 1 is 1.57 bits per heavy atom. The average Bonchev–Trinajstić information content (AvgIpc) is 2.12. The quantitative estimate of drug-likeness (QED) is 0.556. The number of nitrogens with two attached hydrogens (primary N) is 1. The van der Waals surface area contributed by atoms with Gasteiger partial charge in [-0.3, -0.25) is 0 Å². The Labute approximate surface area is 83.5 Å². The lowest BCUT2D eigenvalue weighted by Crippen LogP contribution is -2.57. The van der Waals surface area contributed by atoms with Crippen molar-refractivity contribution in [3.63, 3.8) is 0 Å². The summed E-state index contributed by atoms with van der Waals surface area (Å²) in [6, 6.07) is -0.205. The second-order valence-electron chi connectivity index (χ2n) is 4.04. The van der Waals surface area contributed by atoms with Crippen LogP contribution in [0.1, 0.15) is 13.8 Å². The Morgan fingerprint density at radius 2 is 2.14 bits per heavy atom. The molecule has 1 saturated heterocycles. The first-order valence-electron chi connectivity index (χ1n) is 4.86. The van der Waals surface area contributed by atoms with Crippen molar-refractivity contribution in [3.8, 4) is 0 Å². The summed E-state index contributed by atoms with van der Waals surface area (Å²) in [4.78, 5) is 12.2. The zero-order valence-electron chi connectivity index (χ0n) is 8.55. The molecule has 4 unspecified atom stereocenters. The van der Waals surface area contributed by atoms with Gasteiger partial charge in [-0.05, 0) is 13.5 Å². The Morgan fingerprint density at radius 3 is 2.57 bits per heavy atom. The molecule has 0 aromatic heterocycles. The summed E-state index contributed by atoms with van der Waals surface area (Å²) in [7, 11) is 0. The molecule has 1 aliphatic rings. The number of piperidine rings is 1. The fourth-order valence-electron chi connectivity index (χ4n) is 2.11. The zero-order valence-corrected chi connectivity index (χ0v) is 8.55. The van der Waals surface area contributed by atoms with Gasteiger partial charge in [-0.25, -0.2) is 4.79 Å². The second kappa shape index (κ2) is 4.14. The number of carboxylic acid groups (broad SMARTS) is 1. The lowest BCUT2D eigenvalue weighted by Gasteiger charge is -2.43. The summed E-state index contributed by atoms with van der Waals surface area (Å²) in [6.07, 6.45) is -1.43.